The molecule has 0 aliphatic carbocycles. The number of thiophene rings is 1. The average molecular weight is 393 g/mol. The Kier molecular flexibility index (Phi) is 3.59. The monoisotopic (exact) mass is 393 g/mol. The van der Waals surface area contributed by atoms with Crippen LogP contribution in [0.3, 0.4) is 0 Å². The Bertz CT molecular complexity index is 1530. The van der Waals surface area contributed by atoms with E-state index in [0.717, 1.165) is 22.1 Å². The van der Waals surface area contributed by atoms with E-state index in [-0.39, 0.29) is 0 Å². The van der Waals surface area contributed by atoms with Gasteiger partial charge in [0.2, 0.25) is 0 Å². The fraction of sp³-hybridized carbons (Fsp3) is 0. The van der Waals surface area contributed by atoms with Crippen molar-refractivity contribution in [3.05, 3.63) is 84.9 Å². The summed E-state index contributed by atoms with van der Waals surface area (Å²) in [4.78, 5) is 0. The Morgan fingerprint density at radius 1 is 0.690 bits per heavy atom. The molecule has 0 saturated carbocycles. The minimum Gasteiger partial charge on any atom is -0.423 e. The zero-order chi connectivity index (χ0) is 19.5. The minimum atomic E-state index is -1.49. The van der Waals surface area contributed by atoms with Gasteiger partial charge < -0.3 is 14.6 Å². The summed E-state index contributed by atoms with van der Waals surface area (Å²) in [6.45, 7) is 0. The lowest BCUT2D eigenvalue weighted by Gasteiger charge is -2.08. The van der Waals surface area contributed by atoms with Crippen LogP contribution in [0.1, 0.15) is 0 Å². The van der Waals surface area contributed by atoms with Crippen molar-refractivity contribution in [1.29, 1.82) is 0 Å². The zero-order valence-electron chi connectivity index (χ0n) is 15.4. The van der Waals surface area contributed by atoms with Gasteiger partial charge in [0.05, 0.1) is 11.0 Å². The van der Waals surface area contributed by atoms with Crippen molar-refractivity contribution in [2.75, 3.05) is 0 Å². The summed E-state index contributed by atoms with van der Waals surface area (Å²) in [6.07, 6.45) is 0. The van der Waals surface area contributed by atoms with Crippen LogP contribution in [0.15, 0.2) is 84.9 Å². The third kappa shape index (κ3) is 2.39. The molecule has 0 aliphatic rings. The zero-order valence-corrected chi connectivity index (χ0v) is 16.2. The lowest BCUT2D eigenvalue weighted by molar-refractivity contribution is 0.426. The minimum absolute atomic E-state index is 0.491. The molecule has 5 heteroatoms. The van der Waals surface area contributed by atoms with E-state index in [4.69, 9.17) is 0 Å². The Morgan fingerprint density at radius 3 is 2.28 bits per heavy atom. The quantitative estimate of drug-likeness (QED) is 0.414. The van der Waals surface area contributed by atoms with Gasteiger partial charge in [0.1, 0.15) is 0 Å². The summed E-state index contributed by atoms with van der Waals surface area (Å²) in [5.74, 6) is 0. The molecule has 0 fully saturated rings. The van der Waals surface area contributed by atoms with Gasteiger partial charge in [-0.3, -0.25) is 0 Å². The molecule has 29 heavy (non-hydrogen) atoms. The second kappa shape index (κ2) is 6.19. The number of fused-ring (bicyclic) bond motifs is 7. The third-order valence-corrected chi connectivity index (χ3v) is 6.81. The van der Waals surface area contributed by atoms with Crippen LogP contribution in [0.25, 0.3) is 47.7 Å². The number of rotatable bonds is 2. The highest BCUT2D eigenvalue weighted by molar-refractivity contribution is 7.26. The van der Waals surface area contributed by atoms with Crippen LogP contribution in [-0.2, 0) is 0 Å². The first-order valence-electron chi connectivity index (χ1n) is 9.52. The topological polar surface area (TPSA) is 45.4 Å². The van der Waals surface area contributed by atoms with Gasteiger partial charge in [-0.15, -0.1) is 11.3 Å². The molecule has 2 N–H and O–H groups in total. The SMILES string of the molecule is OB(O)c1ccc2c3c4sc5ccccc5c4ccc3n(-c3ccccc3)c2c1. The van der Waals surface area contributed by atoms with Crippen molar-refractivity contribution in [2.24, 2.45) is 0 Å². The largest absolute Gasteiger partial charge is 0.488 e. The highest BCUT2D eigenvalue weighted by Crippen LogP contribution is 2.42. The normalized spacial score (nSPS) is 11.8. The Labute approximate surface area is 171 Å². The maximum Gasteiger partial charge on any atom is 0.488 e. The molecule has 0 bridgehead atoms. The summed E-state index contributed by atoms with van der Waals surface area (Å²) in [5, 5.41) is 24.3. The van der Waals surface area contributed by atoms with E-state index in [1.54, 1.807) is 6.07 Å². The summed E-state index contributed by atoms with van der Waals surface area (Å²) in [7, 11) is -1.49. The molecule has 0 saturated heterocycles. The summed E-state index contributed by atoms with van der Waals surface area (Å²) >= 11 is 1.81. The first-order chi connectivity index (χ1) is 14.2. The predicted molar refractivity (Wildman–Crippen MR) is 123 cm³/mol. The number of nitrogens with zero attached hydrogens (tertiary/aromatic N) is 1. The molecule has 4 aromatic carbocycles. The molecule has 6 rings (SSSR count). The first-order valence-corrected chi connectivity index (χ1v) is 10.3. The van der Waals surface area contributed by atoms with Gasteiger partial charge >= 0.3 is 7.12 Å². The number of aromatic nitrogens is 1. The van der Waals surface area contributed by atoms with Crippen LogP contribution in [-0.4, -0.2) is 21.7 Å². The van der Waals surface area contributed by atoms with Gasteiger partial charge in [-0.05, 0) is 35.8 Å². The van der Waals surface area contributed by atoms with Crippen LogP contribution in [0.2, 0.25) is 0 Å². The van der Waals surface area contributed by atoms with Crippen LogP contribution in [0.5, 0.6) is 0 Å². The molecule has 0 atom stereocenters. The fourth-order valence-electron chi connectivity index (χ4n) is 4.32. The Morgan fingerprint density at radius 2 is 1.45 bits per heavy atom. The fourth-order valence-corrected chi connectivity index (χ4v) is 5.57. The molecule has 0 aliphatic heterocycles. The number of hydrogen-bond acceptors (Lipinski definition) is 3. The molecule has 0 radical (unpaired) electrons. The van der Waals surface area contributed by atoms with Crippen molar-refractivity contribution >= 4 is 65.9 Å². The number of para-hydroxylation sites is 1. The molecular formula is C24H16BNO2S. The van der Waals surface area contributed by atoms with E-state index < -0.39 is 7.12 Å². The maximum absolute atomic E-state index is 9.73. The smallest absolute Gasteiger partial charge is 0.423 e. The molecule has 2 heterocycles. The van der Waals surface area contributed by atoms with Crippen molar-refractivity contribution in [3.63, 3.8) is 0 Å². The van der Waals surface area contributed by atoms with E-state index in [1.165, 1.54) is 25.6 Å². The summed E-state index contributed by atoms with van der Waals surface area (Å²) in [5.41, 5.74) is 3.64. The van der Waals surface area contributed by atoms with Crippen LogP contribution in [0.4, 0.5) is 0 Å². The molecule has 6 aromatic rings. The Hall–Kier alpha value is -3.12. The van der Waals surface area contributed by atoms with Crippen molar-refractivity contribution < 1.29 is 10.0 Å². The first kappa shape index (κ1) is 16.8. The van der Waals surface area contributed by atoms with Crippen LogP contribution in [0, 0.1) is 0 Å². The van der Waals surface area contributed by atoms with Crippen molar-refractivity contribution in [1.82, 2.24) is 4.57 Å². The van der Waals surface area contributed by atoms with Gasteiger partial charge in [-0.25, -0.2) is 0 Å². The van der Waals surface area contributed by atoms with E-state index in [1.807, 2.05) is 41.7 Å². The standard InChI is InChI=1S/C24H16BNO2S/c27-25(28)15-10-11-19-21(14-15)26(16-6-2-1-3-7-16)20-13-12-18-17-8-4-5-9-22(17)29-24(18)23(19)20/h1-14,27-28H. The molecule has 2 aromatic heterocycles. The highest BCUT2D eigenvalue weighted by atomic mass is 32.1. The summed E-state index contributed by atoms with van der Waals surface area (Å²) in [6, 6.07) is 28.8. The number of benzene rings is 4. The van der Waals surface area contributed by atoms with E-state index in [2.05, 4.69) is 53.1 Å². The lowest BCUT2D eigenvalue weighted by Crippen LogP contribution is -2.29. The van der Waals surface area contributed by atoms with Gasteiger partial charge in [-0.2, -0.15) is 0 Å². The van der Waals surface area contributed by atoms with Crippen molar-refractivity contribution in [3.8, 4) is 5.69 Å². The predicted octanol–water partition coefficient (Wildman–Crippen LogP) is 4.83. The van der Waals surface area contributed by atoms with E-state index in [0.29, 0.717) is 5.46 Å². The van der Waals surface area contributed by atoms with Gasteiger partial charge in [-0.1, -0.05) is 54.6 Å². The van der Waals surface area contributed by atoms with Crippen LogP contribution >= 0.6 is 11.3 Å². The van der Waals surface area contributed by atoms with Gasteiger partial charge in [0.25, 0.3) is 0 Å². The number of hydrogen-bond donors (Lipinski definition) is 2. The molecule has 0 unspecified atom stereocenters. The Balaban J connectivity index is 1.85. The lowest BCUT2D eigenvalue weighted by atomic mass is 9.80. The third-order valence-electron chi connectivity index (χ3n) is 5.61. The second-order valence-corrected chi connectivity index (χ2v) is 8.31. The van der Waals surface area contributed by atoms with Crippen LogP contribution < -0.4 is 5.46 Å². The molecule has 0 spiro atoms. The second-order valence-electron chi connectivity index (χ2n) is 7.26. The van der Waals surface area contributed by atoms with E-state index >= 15 is 0 Å². The average Bonchev–Trinajstić information content (AvgIpc) is 3.29. The highest BCUT2D eigenvalue weighted by Gasteiger charge is 2.19. The maximum atomic E-state index is 9.73. The molecule has 138 valence electrons. The van der Waals surface area contributed by atoms with Crippen molar-refractivity contribution in [2.45, 2.75) is 0 Å². The molecule has 0 amide bonds. The molecular weight excluding hydrogens is 377 g/mol. The molecule has 3 nitrogen and oxygen atoms in total. The van der Waals surface area contributed by atoms with Gasteiger partial charge in [0, 0.05) is 36.6 Å². The summed E-state index contributed by atoms with van der Waals surface area (Å²) < 4.78 is 4.75. The van der Waals surface area contributed by atoms with Gasteiger partial charge in [0.15, 0.2) is 0 Å². The van der Waals surface area contributed by atoms with E-state index in [9.17, 15) is 10.0 Å².